The summed E-state index contributed by atoms with van der Waals surface area (Å²) in [5.74, 6) is 0.940. The average molecular weight is 576 g/mol. The maximum absolute atomic E-state index is 13.4. The zero-order valence-corrected chi connectivity index (χ0v) is 26.0. The molecule has 1 atom stereocenters. The van der Waals surface area contributed by atoms with Crippen molar-refractivity contribution < 1.29 is 14.3 Å². The quantitative estimate of drug-likeness (QED) is 0.333. The largest absolute Gasteiger partial charge is 0.534 e. The molecule has 1 amide bonds. The molecule has 3 aromatic rings. The van der Waals surface area contributed by atoms with Gasteiger partial charge in [-0.2, -0.15) is 0 Å². The van der Waals surface area contributed by atoms with E-state index in [0.29, 0.717) is 11.4 Å². The average Bonchev–Trinajstić information content (AvgIpc) is 3.28. The number of carbonyl (C=O) groups excluding carboxylic acids is 1. The van der Waals surface area contributed by atoms with Gasteiger partial charge < -0.3 is 14.4 Å². The summed E-state index contributed by atoms with van der Waals surface area (Å²) in [5.41, 5.74) is 0.396. The third-order valence-corrected chi connectivity index (χ3v) is 14.3. The van der Waals surface area contributed by atoms with Crippen molar-refractivity contribution in [2.75, 3.05) is 6.54 Å². The molecule has 3 aromatic carbocycles. The van der Waals surface area contributed by atoms with E-state index in [1.165, 1.54) is 10.4 Å². The van der Waals surface area contributed by atoms with Crippen molar-refractivity contribution in [1.82, 2.24) is 4.90 Å². The second-order valence-corrected chi connectivity index (χ2v) is 17.6. The van der Waals surface area contributed by atoms with E-state index < -0.39 is 13.9 Å². The number of halogens is 1. The van der Waals surface area contributed by atoms with Gasteiger partial charge in [-0.15, -0.1) is 0 Å². The molecule has 212 valence electrons. The van der Waals surface area contributed by atoms with Gasteiger partial charge in [0.2, 0.25) is 5.91 Å². The Kier molecular flexibility index (Phi) is 8.20. The van der Waals surface area contributed by atoms with Gasteiger partial charge in [0, 0.05) is 23.5 Å². The van der Waals surface area contributed by atoms with Gasteiger partial charge in [-0.1, -0.05) is 99.1 Å². The highest BCUT2D eigenvalue weighted by atomic mass is 35.5. The van der Waals surface area contributed by atoms with Crippen molar-refractivity contribution in [1.29, 1.82) is 0 Å². The standard InChI is InChI=1S/C34H42ClNO3Si/c1-33(2,3)40(29-11-7-5-8-12-29,30-13-9-6-10-14-30)39-28-16-15-25(31(35)24-28)23-26-19-22-36(32(26)37)27-17-20-34(4,38)21-18-27/h5-16,24,26-27,38H,17-23H2,1-4H3. The van der Waals surface area contributed by atoms with E-state index in [1.54, 1.807) is 0 Å². The summed E-state index contributed by atoms with van der Waals surface area (Å²) >= 11 is 6.89. The molecular formula is C34H42ClNO3Si. The number of amides is 1. The lowest BCUT2D eigenvalue weighted by Gasteiger charge is -2.43. The molecule has 0 spiro atoms. The smallest absolute Gasteiger partial charge is 0.319 e. The van der Waals surface area contributed by atoms with Crippen LogP contribution in [0.2, 0.25) is 10.1 Å². The molecular weight excluding hydrogens is 534 g/mol. The van der Waals surface area contributed by atoms with Gasteiger partial charge in [-0.25, -0.2) is 0 Å². The van der Waals surface area contributed by atoms with Crippen LogP contribution in [0.1, 0.15) is 65.4 Å². The number of hydrogen-bond donors (Lipinski definition) is 1. The minimum Gasteiger partial charge on any atom is -0.534 e. The molecule has 40 heavy (non-hydrogen) atoms. The predicted octanol–water partition coefficient (Wildman–Crippen LogP) is 6.36. The Morgan fingerprint density at radius 1 is 0.950 bits per heavy atom. The molecule has 2 aliphatic rings. The minimum atomic E-state index is -2.75. The third-order valence-electron chi connectivity index (χ3n) is 9.00. The van der Waals surface area contributed by atoms with Crippen molar-refractivity contribution >= 4 is 36.2 Å². The summed E-state index contributed by atoms with van der Waals surface area (Å²) < 4.78 is 7.14. The first-order valence-electron chi connectivity index (χ1n) is 14.6. The summed E-state index contributed by atoms with van der Waals surface area (Å²) in [6, 6.07) is 27.4. The van der Waals surface area contributed by atoms with Gasteiger partial charge in [-0.3, -0.25) is 4.79 Å². The van der Waals surface area contributed by atoms with Crippen molar-refractivity contribution in [2.45, 2.75) is 82.9 Å². The number of carbonyl (C=O) groups is 1. The van der Waals surface area contributed by atoms with Crippen molar-refractivity contribution in [2.24, 2.45) is 5.92 Å². The summed E-state index contributed by atoms with van der Waals surface area (Å²) in [6.45, 7) is 9.49. The summed E-state index contributed by atoms with van der Waals surface area (Å²) in [5, 5.41) is 13.3. The normalized spacial score (nSPS) is 23.9. The Morgan fingerprint density at radius 2 is 1.52 bits per heavy atom. The molecule has 1 unspecified atom stereocenters. The van der Waals surface area contributed by atoms with Gasteiger partial charge in [0.1, 0.15) is 5.75 Å². The lowest BCUT2D eigenvalue weighted by Crippen LogP contribution is -2.68. The molecule has 1 saturated heterocycles. The highest BCUT2D eigenvalue weighted by Gasteiger charge is 2.52. The second kappa shape index (κ2) is 11.3. The van der Waals surface area contributed by atoms with Gasteiger partial charge in [0.15, 0.2) is 0 Å². The Morgan fingerprint density at radius 3 is 2.05 bits per heavy atom. The third kappa shape index (κ3) is 5.74. The summed E-state index contributed by atoms with van der Waals surface area (Å²) in [6.07, 6.45) is 4.75. The Hall–Kier alpha value is -2.60. The molecule has 4 nitrogen and oxygen atoms in total. The molecule has 0 radical (unpaired) electrons. The van der Waals surface area contributed by atoms with Crippen LogP contribution in [0.4, 0.5) is 0 Å². The molecule has 5 rings (SSSR count). The van der Waals surface area contributed by atoms with Gasteiger partial charge in [0.25, 0.3) is 0 Å². The van der Waals surface area contributed by atoms with E-state index in [1.807, 2.05) is 37.3 Å². The first kappa shape index (κ1) is 28.9. The topological polar surface area (TPSA) is 49.8 Å². The monoisotopic (exact) mass is 575 g/mol. The summed E-state index contributed by atoms with van der Waals surface area (Å²) in [4.78, 5) is 15.4. The fourth-order valence-electron chi connectivity index (χ4n) is 6.70. The van der Waals surface area contributed by atoms with E-state index in [9.17, 15) is 9.90 Å². The van der Waals surface area contributed by atoms with Crippen LogP contribution >= 0.6 is 11.6 Å². The van der Waals surface area contributed by atoms with Crippen LogP contribution in [0.5, 0.6) is 5.75 Å². The van der Waals surface area contributed by atoms with Crippen LogP contribution in [0.3, 0.4) is 0 Å². The van der Waals surface area contributed by atoms with Crippen LogP contribution in [0, 0.1) is 5.92 Å². The van der Waals surface area contributed by atoms with Crippen molar-refractivity contribution in [3.63, 3.8) is 0 Å². The van der Waals surface area contributed by atoms with Crippen LogP contribution in [-0.4, -0.2) is 42.4 Å². The molecule has 2 fully saturated rings. The lowest BCUT2D eigenvalue weighted by molar-refractivity contribution is -0.134. The highest BCUT2D eigenvalue weighted by molar-refractivity contribution is 7.00. The molecule has 1 aliphatic carbocycles. The van der Waals surface area contributed by atoms with E-state index in [0.717, 1.165) is 50.0 Å². The minimum absolute atomic E-state index is 0.0524. The van der Waals surface area contributed by atoms with Gasteiger partial charge in [-0.05, 0) is 78.6 Å². The number of aliphatic hydroxyl groups is 1. The maximum atomic E-state index is 13.4. The van der Waals surface area contributed by atoms with E-state index in [2.05, 4.69) is 74.2 Å². The van der Waals surface area contributed by atoms with Crippen LogP contribution < -0.4 is 14.8 Å². The van der Waals surface area contributed by atoms with Crippen molar-refractivity contribution in [3.05, 3.63) is 89.4 Å². The lowest BCUT2D eigenvalue weighted by atomic mass is 9.83. The molecule has 0 aromatic heterocycles. The fraction of sp³-hybridized carbons (Fsp3) is 0.441. The Balaban J connectivity index is 1.37. The zero-order chi connectivity index (χ0) is 28.5. The number of likely N-dealkylation sites (tertiary alicyclic amines) is 1. The number of benzene rings is 3. The first-order chi connectivity index (χ1) is 19.0. The van der Waals surface area contributed by atoms with Gasteiger partial charge in [0.05, 0.1) is 5.60 Å². The van der Waals surface area contributed by atoms with E-state index >= 15 is 0 Å². The molecule has 0 bridgehead atoms. The Bertz CT molecular complexity index is 1270. The summed E-state index contributed by atoms with van der Waals surface area (Å²) in [7, 11) is -2.75. The van der Waals surface area contributed by atoms with Gasteiger partial charge >= 0.3 is 8.32 Å². The van der Waals surface area contributed by atoms with E-state index in [-0.39, 0.29) is 22.9 Å². The van der Waals surface area contributed by atoms with Crippen LogP contribution in [0.25, 0.3) is 0 Å². The number of hydrogen-bond acceptors (Lipinski definition) is 3. The number of rotatable bonds is 7. The van der Waals surface area contributed by atoms with Crippen molar-refractivity contribution in [3.8, 4) is 5.75 Å². The molecule has 1 N–H and O–H groups in total. The van der Waals surface area contributed by atoms with Crippen LogP contribution in [0.15, 0.2) is 78.9 Å². The predicted molar refractivity (Wildman–Crippen MR) is 166 cm³/mol. The SMILES string of the molecule is CC1(O)CCC(N2CCC(Cc3ccc(O[Si](c4ccccc4)(c4ccccc4)C(C)(C)C)cc3Cl)C2=O)CC1. The first-order valence-corrected chi connectivity index (χ1v) is 16.9. The maximum Gasteiger partial charge on any atom is 0.319 e. The van der Waals surface area contributed by atoms with E-state index in [4.69, 9.17) is 16.0 Å². The highest BCUT2D eigenvalue weighted by Crippen LogP contribution is 2.39. The Labute approximate surface area is 245 Å². The fourth-order valence-corrected chi connectivity index (χ4v) is 11.4. The molecule has 6 heteroatoms. The molecule has 1 heterocycles. The number of nitrogens with zero attached hydrogens (tertiary/aromatic N) is 1. The van der Waals surface area contributed by atoms with Crippen LogP contribution in [-0.2, 0) is 11.2 Å². The second-order valence-electron chi connectivity index (χ2n) is 13.0. The zero-order valence-electron chi connectivity index (χ0n) is 24.2. The molecule has 1 saturated carbocycles. The molecule has 1 aliphatic heterocycles.